The van der Waals surface area contributed by atoms with Gasteiger partial charge in [0, 0.05) is 6.04 Å². The number of rotatable bonds is 6. The highest BCUT2D eigenvalue weighted by molar-refractivity contribution is 5.48. The summed E-state index contributed by atoms with van der Waals surface area (Å²) < 4.78 is 10.9. The highest BCUT2D eigenvalue weighted by Gasteiger charge is 2.32. The first-order valence-corrected chi connectivity index (χ1v) is 8.08. The summed E-state index contributed by atoms with van der Waals surface area (Å²) in [5.74, 6) is 3.13. The Balaban J connectivity index is 2.39. The van der Waals surface area contributed by atoms with Gasteiger partial charge in [0.05, 0.1) is 14.2 Å². The van der Waals surface area contributed by atoms with Crippen LogP contribution < -0.4 is 14.8 Å². The molecule has 0 radical (unpaired) electrons. The molecule has 2 rings (SSSR count). The number of aryl methyl sites for hydroxylation is 1. The Kier molecular flexibility index (Phi) is 5.51. The number of hydrogen-bond donors (Lipinski definition) is 1. The van der Waals surface area contributed by atoms with Gasteiger partial charge in [-0.3, -0.25) is 0 Å². The van der Waals surface area contributed by atoms with Crippen molar-refractivity contribution < 1.29 is 9.47 Å². The molecule has 0 saturated heterocycles. The molecule has 0 bridgehead atoms. The van der Waals surface area contributed by atoms with Gasteiger partial charge in [-0.25, -0.2) is 0 Å². The van der Waals surface area contributed by atoms with E-state index < -0.39 is 0 Å². The Morgan fingerprint density at radius 2 is 1.86 bits per heavy atom. The van der Waals surface area contributed by atoms with Gasteiger partial charge in [-0.15, -0.1) is 0 Å². The molecule has 0 amide bonds. The molecule has 21 heavy (non-hydrogen) atoms. The maximum atomic E-state index is 5.50. The Hall–Kier alpha value is -1.22. The van der Waals surface area contributed by atoms with E-state index in [2.05, 4.69) is 38.2 Å². The van der Waals surface area contributed by atoms with E-state index in [9.17, 15) is 0 Å². The maximum absolute atomic E-state index is 5.50. The Bertz CT molecular complexity index is 473. The molecule has 3 nitrogen and oxygen atoms in total. The molecule has 0 aromatic heterocycles. The van der Waals surface area contributed by atoms with Gasteiger partial charge in [-0.05, 0) is 55.0 Å². The highest BCUT2D eigenvalue weighted by atomic mass is 16.5. The molecule has 0 aliphatic heterocycles. The zero-order chi connectivity index (χ0) is 15.4. The molecule has 3 atom stereocenters. The van der Waals surface area contributed by atoms with E-state index in [0.29, 0.717) is 12.0 Å². The highest BCUT2D eigenvalue weighted by Crippen LogP contribution is 2.43. The van der Waals surface area contributed by atoms with Crippen LogP contribution in [0.2, 0.25) is 0 Å². The van der Waals surface area contributed by atoms with Crippen molar-refractivity contribution in [2.24, 2.45) is 11.8 Å². The van der Waals surface area contributed by atoms with Crippen LogP contribution >= 0.6 is 0 Å². The molecular formula is C18H29NO2. The normalized spacial score (nSPS) is 23.1. The molecule has 1 aliphatic carbocycles. The lowest BCUT2D eigenvalue weighted by Gasteiger charge is -2.30. The van der Waals surface area contributed by atoms with Crippen LogP contribution in [0.25, 0.3) is 0 Å². The first kappa shape index (κ1) is 16.2. The van der Waals surface area contributed by atoms with Crippen molar-refractivity contribution in [2.75, 3.05) is 20.8 Å². The smallest absolute Gasteiger partial charge is 0.161 e. The topological polar surface area (TPSA) is 30.5 Å². The molecule has 3 heteroatoms. The first-order valence-electron chi connectivity index (χ1n) is 8.08. The largest absolute Gasteiger partial charge is 0.493 e. The average Bonchev–Trinajstić information content (AvgIpc) is 2.90. The van der Waals surface area contributed by atoms with Crippen molar-refractivity contribution in [1.29, 1.82) is 0 Å². The van der Waals surface area contributed by atoms with Gasteiger partial charge in [0.1, 0.15) is 0 Å². The van der Waals surface area contributed by atoms with Crippen molar-refractivity contribution in [3.8, 4) is 11.5 Å². The van der Waals surface area contributed by atoms with E-state index in [0.717, 1.165) is 24.0 Å². The zero-order valence-corrected chi connectivity index (χ0v) is 14.0. The number of hydrogen-bond acceptors (Lipinski definition) is 3. The van der Waals surface area contributed by atoms with Crippen LogP contribution in [-0.2, 0) is 0 Å². The van der Waals surface area contributed by atoms with Crippen LogP contribution in [0, 0.1) is 18.8 Å². The number of methoxy groups -OCH3 is 2. The summed E-state index contributed by atoms with van der Waals surface area (Å²) in [6, 6.07) is 4.66. The zero-order valence-electron chi connectivity index (χ0n) is 14.0. The van der Waals surface area contributed by atoms with E-state index in [1.165, 1.54) is 30.4 Å². The van der Waals surface area contributed by atoms with E-state index in [4.69, 9.17) is 9.47 Å². The molecule has 1 fully saturated rings. The second kappa shape index (κ2) is 7.17. The fraction of sp³-hybridized carbons (Fsp3) is 0.667. The first-order chi connectivity index (χ1) is 10.1. The van der Waals surface area contributed by atoms with Gasteiger partial charge in [0.25, 0.3) is 0 Å². The molecule has 1 N–H and O–H groups in total. The van der Waals surface area contributed by atoms with Crippen molar-refractivity contribution in [3.05, 3.63) is 23.3 Å². The summed E-state index contributed by atoms with van der Waals surface area (Å²) in [6.45, 7) is 7.73. The lowest BCUT2D eigenvalue weighted by Crippen LogP contribution is -2.30. The molecule has 1 aliphatic rings. The van der Waals surface area contributed by atoms with Crippen LogP contribution in [0.3, 0.4) is 0 Å². The Morgan fingerprint density at radius 3 is 2.38 bits per heavy atom. The van der Waals surface area contributed by atoms with Crippen molar-refractivity contribution in [2.45, 2.75) is 46.1 Å². The van der Waals surface area contributed by atoms with Crippen LogP contribution in [-0.4, -0.2) is 20.8 Å². The minimum absolute atomic E-state index is 0.410. The fourth-order valence-corrected chi connectivity index (χ4v) is 3.71. The van der Waals surface area contributed by atoms with E-state index in [1.807, 2.05) is 0 Å². The third-order valence-electron chi connectivity index (χ3n) is 4.89. The average molecular weight is 291 g/mol. The minimum atomic E-state index is 0.410. The third kappa shape index (κ3) is 3.34. The molecule has 0 spiro atoms. The molecule has 118 valence electrons. The summed E-state index contributed by atoms with van der Waals surface area (Å²) in [6.07, 6.45) is 4.01. The fourth-order valence-electron chi connectivity index (χ4n) is 3.71. The molecule has 1 aromatic carbocycles. The molecule has 3 unspecified atom stereocenters. The van der Waals surface area contributed by atoms with Gasteiger partial charge in [0.15, 0.2) is 11.5 Å². The molecular weight excluding hydrogens is 262 g/mol. The molecule has 1 saturated carbocycles. The predicted molar refractivity (Wildman–Crippen MR) is 87.2 cm³/mol. The van der Waals surface area contributed by atoms with Gasteiger partial charge >= 0.3 is 0 Å². The van der Waals surface area contributed by atoms with Gasteiger partial charge in [0.2, 0.25) is 0 Å². The summed E-state index contributed by atoms with van der Waals surface area (Å²) in [5.41, 5.74) is 2.63. The van der Waals surface area contributed by atoms with Crippen molar-refractivity contribution in [1.82, 2.24) is 5.32 Å². The second-order valence-corrected chi connectivity index (χ2v) is 6.17. The van der Waals surface area contributed by atoms with E-state index in [-0.39, 0.29) is 0 Å². The van der Waals surface area contributed by atoms with Gasteiger partial charge in [-0.2, -0.15) is 0 Å². The molecule has 1 aromatic rings. The van der Waals surface area contributed by atoms with Crippen LogP contribution in [0.1, 0.15) is 50.3 Å². The monoisotopic (exact) mass is 291 g/mol. The van der Waals surface area contributed by atoms with E-state index in [1.54, 1.807) is 14.2 Å². The maximum Gasteiger partial charge on any atom is 0.161 e. The number of ether oxygens (including phenoxy) is 2. The predicted octanol–water partition coefficient (Wildman–Crippen LogP) is 4.10. The number of nitrogens with one attached hydrogen (secondary N) is 1. The van der Waals surface area contributed by atoms with E-state index >= 15 is 0 Å². The molecule has 0 heterocycles. The minimum Gasteiger partial charge on any atom is -0.493 e. The van der Waals surface area contributed by atoms with Crippen LogP contribution in [0.4, 0.5) is 0 Å². The van der Waals surface area contributed by atoms with Crippen molar-refractivity contribution in [3.63, 3.8) is 0 Å². The summed E-state index contributed by atoms with van der Waals surface area (Å²) in [4.78, 5) is 0. The third-order valence-corrected chi connectivity index (χ3v) is 4.89. The quantitative estimate of drug-likeness (QED) is 0.856. The SMILES string of the molecule is CCNC(c1cc(OC)c(OC)cc1C)C1CCCC1C. The summed E-state index contributed by atoms with van der Waals surface area (Å²) in [5, 5.41) is 3.70. The van der Waals surface area contributed by atoms with Crippen LogP contribution in [0.5, 0.6) is 11.5 Å². The van der Waals surface area contributed by atoms with Crippen molar-refractivity contribution >= 4 is 0 Å². The summed E-state index contributed by atoms with van der Waals surface area (Å²) >= 11 is 0. The summed E-state index contributed by atoms with van der Waals surface area (Å²) in [7, 11) is 3.40. The number of benzene rings is 1. The lowest BCUT2D eigenvalue weighted by atomic mass is 9.84. The van der Waals surface area contributed by atoms with Crippen LogP contribution in [0.15, 0.2) is 12.1 Å². The van der Waals surface area contributed by atoms with Gasteiger partial charge < -0.3 is 14.8 Å². The second-order valence-electron chi connectivity index (χ2n) is 6.17. The lowest BCUT2D eigenvalue weighted by molar-refractivity contribution is 0.302. The standard InChI is InChI=1S/C18H29NO2/c1-6-19-18(14-9-7-8-12(14)2)15-11-17(21-5)16(20-4)10-13(15)3/h10-12,14,18-19H,6-9H2,1-5H3. The Labute approximate surface area is 129 Å². The Morgan fingerprint density at radius 1 is 1.19 bits per heavy atom. The van der Waals surface area contributed by atoms with Gasteiger partial charge in [-0.1, -0.05) is 26.7 Å².